The van der Waals surface area contributed by atoms with Crippen LogP contribution in [0.4, 0.5) is 16.2 Å². The van der Waals surface area contributed by atoms with Gasteiger partial charge in [0, 0.05) is 10.7 Å². The molecule has 0 saturated heterocycles. The summed E-state index contributed by atoms with van der Waals surface area (Å²) in [5, 5.41) is 23.3. The second-order valence-electron chi connectivity index (χ2n) is 4.07. The molecule has 0 aromatic heterocycles. The standard InChI is InChI=1S/C15H9ClN4O/c16-12-5-4-11(9-18)14(7-12)20-15(21)19-13-3-1-2-10(6-13)8-17/h1-7H,(H2,19,20,21). The monoisotopic (exact) mass is 296 g/mol. The lowest BCUT2D eigenvalue weighted by Gasteiger charge is -2.09. The Kier molecular flexibility index (Phi) is 4.40. The number of carbonyl (C=O) groups is 1. The highest BCUT2D eigenvalue weighted by Crippen LogP contribution is 2.20. The molecule has 5 nitrogen and oxygen atoms in total. The van der Waals surface area contributed by atoms with Crippen LogP contribution < -0.4 is 10.6 Å². The van der Waals surface area contributed by atoms with E-state index in [4.69, 9.17) is 22.1 Å². The third-order valence-corrected chi connectivity index (χ3v) is 2.83. The number of nitriles is 2. The summed E-state index contributed by atoms with van der Waals surface area (Å²) in [6, 6.07) is 14.5. The van der Waals surface area contributed by atoms with Crippen molar-refractivity contribution in [2.75, 3.05) is 10.6 Å². The Bertz CT molecular complexity index is 774. The van der Waals surface area contributed by atoms with Crippen LogP contribution in [0.5, 0.6) is 0 Å². The van der Waals surface area contributed by atoms with Crippen molar-refractivity contribution in [1.82, 2.24) is 0 Å². The number of benzene rings is 2. The molecule has 0 aliphatic rings. The van der Waals surface area contributed by atoms with Crippen molar-refractivity contribution in [3.8, 4) is 12.1 Å². The molecule has 0 saturated carbocycles. The van der Waals surface area contributed by atoms with Crippen molar-refractivity contribution in [1.29, 1.82) is 10.5 Å². The van der Waals surface area contributed by atoms with E-state index in [1.165, 1.54) is 12.1 Å². The van der Waals surface area contributed by atoms with Crippen molar-refractivity contribution in [3.63, 3.8) is 0 Å². The molecule has 2 aromatic rings. The number of halogens is 1. The van der Waals surface area contributed by atoms with Crippen molar-refractivity contribution in [2.45, 2.75) is 0 Å². The molecule has 0 atom stereocenters. The van der Waals surface area contributed by atoms with Gasteiger partial charge in [-0.05, 0) is 36.4 Å². The van der Waals surface area contributed by atoms with Crippen molar-refractivity contribution in [3.05, 3.63) is 58.6 Å². The first kappa shape index (κ1) is 14.4. The van der Waals surface area contributed by atoms with Crippen molar-refractivity contribution < 1.29 is 4.79 Å². The second-order valence-corrected chi connectivity index (χ2v) is 4.51. The van der Waals surface area contributed by atoms with Crippen LogP contribution >= 0.6 is 11.6 Å². The highest BCUT2D eigenvalue weighted by Gasteiger charge is 2.08. The topological polar surface area (TPSA) is 88.7 Å². The van der Waals surface area contributed by atoms with Gasteiger partial charge in [-0.25, -0.2) is 4.79 Å². The van der Waals surface area contributed by atoms with Crippen LogP contribution in [0.15, 0.2) is 42.5 Å². The average molecular weight is 297 g/mol. The first-order valence-electron chi connectivity index (χ1n) is 5.90. The van der Waals surface area contributed by atoms with Crippen LogP contribution in [-0.4, -0.2) is 6.03 Å². The molecule has 21 heavy (non-hydrogen) atoms. The van der Waals surface area contributed by atoms with E-state index in [1.807, 2.05) is 12.1 Å². The summed E-state index contributed by atoms with van der Waals surface area (Å²) >= 11 is 5.84. The molecule has 2 aromatic carbocycles. The van der Waals surface area contributed by atoms with Gasteiger partial charge in [-0.15, -0.1) is 0 Å². The molecular weight excluding hydrogens is 288 g/mol. The number of amides is 2. The molecule has 2 amide bonds. The van der Waals surface area contributed by atoms with Gasteiger partial charge in [-0.2, -0.15) is 10.5 Å². The molecule has 102 valence electrons. The number of carbonyl (C=O) groups excluding carboxylic acids is 1. The highest BCUT2D eigenvalue weighted by atomic mass is 35.5. The molecule has 2 rings (SSSR count). The van der Waals surface area contributed by atoms with Gasteiger partial charge < -0.3 is 10.6 Å². The lowest BCUT2D eigenvalue weighted by atomic mass is 10.2. The Morgan fingerprint density at radius 3 is 2.57 bits per heavy atom. The number of nitrogens with zero attached hydrogens (tertiary/aromatic N) is 2. The van der Waals surface area contributed by atoms with E-state index in [1.54, 1.807) is 30.3 Å². The average Bonchev–Trinajstić information content (AvgIpc) is 2.47. The van der Waals surface area contributed by atoms with Gasteiger partial charge in [0.05, 0.1) is 22.9 Å². The van der Waals surface area contributed by atoms with Crippen molar-refractivity contribution >= 4 is 29.0 Å². The zero-order valence-corrected chi connectivity index (χ0v) is 11.5. The van der Waals surface area contributed by atoms with Gasteiger partial charge in [0.2, 0.25) is 0 Å². The van der Waals surface area contributed by atoms with Crippen molar-refractivity contribution in [2.24, 2.45) is 0 Å². The minimum Gasteiger partial charge on any atom is -0.308 e. The third-order valence-electron chi connectivity index (χ3n) is 2.60. The Hall–Kier alpha value is -3.02. The van der Waals surface area contributed by atoms with Crippen LogP contribution in [0.3, 0.4) is 0 Å². The number of anilines is 2. The van der Waals surface area contributed by atoms with Crippen LogP contribution in [0.25, 0.3) is 0 Å². The minimum absolute atomic E-state index is 0.306. The first-order valence-corrected chi connectivity index (χ1v) is 6.28. The summed E-state index contributed by atoms with van der Waals surface area (Å²) in [5.74, 6) is 0. The van der Waals surface area contributed by atoms with Gasteiger partial charge in [-0.1, -0.05) is 17.7 Å². The maximum atomic E-state index is 11.9. The Balaban J connectivity index is 2.14. The van der Waals surface area contributed by atoms with Crippen LogP contribution in [-0.2, 0) is 0 Å². The lowest BCUT2D eigenvalue weighted by molar-refractivity contribution is 0.262. The molecule has 0 aliphatic heterocycles. The predicted molar refractivity (Wildman–Crippen MR) is 80.0 cm³/mol. The molecule has 0 bridgehead atoms. The zero-order chi connectivity index (χ0) is 15.2. The van der Waals surface area contributed by atoms with Crippen LogP contribution in [0.1, 0.15) is 11.1 Å². The Morgan fingerprint density at radius 2 is 1.86 bits per heavy atom. The third kappa shape index (κ3) is 3.73. The van der Waals surface area contributed by atoms with E-state index in [2.05, 4.69) is 10.6 Å². The first-order chi connectivity index (χ1) is 10.1. The van der Waals surface area contributed by atoms with Crippen LogP contribution in [0, 0.1) is 22.7 Å². The number of hydrogen-bond donors (Lipinski definition) is 2. The smallest absolute Gasteiger partial charge is 0.308 e. The Labute approximate surface area is 126 Å². The zero-order valence-electron chi connectivity index (χ0n) is 10.7. The highest BCUT2D eigenvalue weighted by molar-refractivity contribution is 6.31. The van der Waals surface area contributed by atoms with E-state index in [-0.39, 0.29) is 0 Å². The van der Waals surface area contributed by atoms with E-state index in [9.17, 15) is 4.79 Å². The van der Waals surface area contributed by atoms with Crippen LogP contribution in [0.2, 0.25) is 5.02 Å². The lowest BCUT2D eigenvalue weighted by Crippen LogP contribution is -2.20. The maximum absolute atomic E-state index is 11.9. The van der Waals surface area contributed by atoms with Gasteiger partial charge in [0.15, 0.2) is 0 Å². The summed E-state index contributed by atoms with van der Waals surface area (Å²) < 4.78 is 0. The molecule has 0 unspecified atom stereocenters. The van der Waals surface area contributed by atoms with Gasteiger partial charge >= 0.3 is 6.03 Å². The number of nitrogens with one attached hydrogen (secondary N) is 2. The maximum Gasteiger partial charge on any atom is 0.323 e. The summed E-state index contributed by atoms with van der Waals surface area (Å²) in [6.07, 6.45) is 0. The molecule has 0 aliphatic carbocycles. The van der Waals surface area contributed by atoms with E-state index >= 15 is 0 Å². The van der Waals surface area contributed by atoms with E-state index < -0.39 is 6.03 Å². The normalized spacial score (nSPS) is 9.29. The van der Waals surface area contributed by atoms with E-state index in [0.29, 0.717) is 27.5 Å². The molecule has 0 spiro atoms. The summed E-state index contributed by atoms with van der Waals surface area (Å²) in [7, 11) is 0. The molecule has 0 heterocycles. The SMILES string of the molecule is N#Cc1cccc(NC(=O)Nc2cc(Cl)ccc2C#N)c1. The fourth-order valence-corrected chi connectivity index (χ4v) is 1.84. The van der Waals surface area contributed by atoms with Gasteiger partial charge in [-0.3, -0.25) is 0 Å². The fourth-order valence-electron chi connectivity index (χ4n) is 1.67. The minimum atomic E-state index is -0.524. The Morgan fingerprint density at radius 1 is 1.05 bits per heavy atom. The predicted octanol–water partition coefficient (Wildman–Crippen LogP) is 3.73. The molecular formula is C15H9ClN4O. The molecule has 0 radical (unpaired) electrons. The quantitative estimate of drug-likeness (QED) is 0.885. The number of hydrogen-bond acceptors (Lipinski definition) is 3. The number of rotatable bonds is 2. The largest absolute Gasteiger partial charge is 0.323 e. The molecule has 6 heteroatoms. The molecule has 2 N–H and O–H groups in total. The summed E-state index contributed by atoms with van der Waals surface area (Å²) in [5.41, 5.74) is 1.54. The summed E-state index contributed by atoms with van der Waals surface area (Å²) in [6.45, 7) is 0. The van der Waals surface area contributed by atoms with E-state index in [0.717, 1.165) is 0 Å². The van der Waals surface area contributed by atoms with Gasteiger partial charge in [0.1, 0.15) is 6.07 Å². The summed E-state index contributed by atoms with van der Waals surface area (Å²) in [4.78, 5) is 11.9. The second kappa shape index (κ2) is 6.42. The number of urea groups is 1. The molecule has 0 fully saturated rings. The van der Waals surface area contributed by atoms with Gasteiger partial charge in [0.25, 0.3) is 0 Å². The fraction of sp³-hybridized carbons (Fsp3) is 0.